The van der Waals surface area contributed by atoms with Gasteiger partial charge in [0.2, 0.25) is 10.0 Å². The van der Waals surface area contributed by atoms with Crippen molar-refractivity contribution in [2.75, 3.05) is 17.6 Å². The van der Waals surface area contributed by atoms with Gasteiger partial charge in [-0.2, -0.15) is 0 Å². The summed E-state index contributed by atoms with van der Waals surface area (Å²) in [5.74, 6) is -1.25. The molecule has 7 heteroatoms. The smallest absolute Gasteiger partial charge is 0.306 e. The zero-order chi connectivity index (χ0) is 14.5. The van der Waals surface area contributed by atoms with E-state index in [0.29, 0.717) is 0 Å². The molecular weight excluding hydrogens is 270 g/mol. The third-order valence-corrected chi connectivity index (χ3v) is 3.65. The summed E-state index contributed by atoms with van der Waals surface area (Å²) in [5, 5.41) is 0. The van der Waals surface area contributed by atoms with Crippen molar-refractivity contribution < 1.29 is 22.7 Å². The molecule has 0 unspecified atom stereocenters. The van der Waals surface area contributed by atoms with Crippen molar-refractivity contribution in [3.05, 3.63) is 29.8 Å². The lowest BCUT2D eigenvalue weighted by Crippen LogP contribution is -2.20. The number of carbonyl (C=O) groups is 2. The maximum atomic E-state index is 11.8. The second-order valence-corrected chi connectivity index (χ2v) is 5.69. The predicted molar refractivity (Wildman–Crippen MR) is 70.5 cm³/mol. The van der Waals surface area contributed by atoms with Gasteiger partial charge in [0.15, 0.2) is 5.78 Å². The van der Waals surface area contributed by atoms with Gasteiger partial charge in [0.25, 0.3) is 0 Å². The summed E-state index contributed by atoms with van der Waals surface area (Å²) in [6.07, 6.45) is -0.242. The third kappa shape index (κ3) is 4.70. The normalized spacial score (nSPS) is 10.8. The summed E-state index contributed by atoms with van der Waals surface area (Å²) in [5.41, 5.74) is 0.490. The summed E-state index contributed by atoms with van der Waals surface area (Å²) in [7, 11) is -2.51. The molecule has 1 aromatic carbocycles. The Morgan fingerprint density at radius 3 is 2.47 bits per heavy atom. The molecule has 1 aromatic rings. The SMILES string of the molecule is COC(=O)CCS(=O)(=O)Nc1ccccc1C(C)=O. The van der Waals surface area contributed by atoms with Crippen molar-refractivity contribution in [3.63, 3.8) is 0 Å². The van der Waals surface area contributed by atoms with E-state index >= 15 is 0 Å². The van der Waals surface area contributed by atoms with Gasteiger partial charge in [-0.3, -0.25) is 14.3 Å². The molecule has 0 fully saturated rings. The fourth-order valence-corrected chi connectivity index (χ4v) is 2.47. The molecule has 0 aliphatic rings. The van der Waals surface area contributed by atoms with Crippen LogP contribution in [0.15, 0.2) is 24.3 Å². The number of rotatable bonds is 6. The summed E-state index contributed by atoms with van der Waals surface area (Å²) in [6.45, 7) is 1.35. The minimum absolute atomic E-state index is 0.208. The van der Waals surface area contributed by atoms with Crippen LogP contribution in [0.2, 0.25) is 0 Å². The average molecular weight is 285 g/mol. The van der Waals surface area contributed by atoms with E-state index in [1.165, 1.54) is 26.2 Å². The van der Waals surface area contributed by atoms with E-state index in [1.807, 2.05) is 0 Å². The van der Waals surface area contributed by atoms with Crippen LogP contribution in [-0.2, 0) is 19.6 Å². The van der Waals surface area contributed by atoms with E-state index in [9.17, 15) is 18.0 Å². The zero-order valence-corrected chi connectivity index (χ0v) is 11.5. The van der Waals surface area contributed by atoms with Crippen molar-refractivity contribution in [1.29, 1.82) is 0 Å². The molecule has 6 nitrogen and oxygen atoms in total. The summed E-state index contributed by atoms with van der Waals surface area (Å²) in [6, 6.07) is 6.28. The van der Waals surface area contributed by atoms with Gasteiger partial charge in [-0.05, 0) is 19.1 Å². The molecule has 19 heavy (non-hydrogen) atoms. The van der Waals surface area contributed by atoms with Crippen LogP contribution < -0.4 is 4.72 Å². The minimum atomic E-state index is -3.70. The van der Waals surface area contributed by atoms with E-state index in [0.717, 1.165) is 0 Å². The van der Waals surface area contributed by atoms with E-state index in [1.54, 1.807) is 12.1 Å². The standard InChI is InChI=1S/C12H15NO5S/c1-9(14)10-5-3-4-6-11(10)13-19(16,17)8-7-12(15)18-2/h3-6,13H,7-8H2,1-2H3. The maximum absolute atomic E-state index is 11.8. The van der Waals surface area contributed by atoms with E-state index in [4.69, 9.17) is 0 Å². The third-order valence-electron chi connectivity index (χ3n) is 2.37. The minimum Gasteiger partial charge on any atom is -0.469 e. The Morgan fingerprint density at radius 1 is 1.26 bits per heavy atom. The van der Waals surface area contributed by atoms with Crippen LogP contribution >= 0.6 is 0 Å². The number of ether oxygens (including phenoxy) is 1. The first-order valence-corrected chi connectivity index (χ1v) is 7.18. The Kier molecular flexibility index (Phi) is 5.05. The van der Waals surface area contributed by atoms with Gasteiger partial charge < -0.3 is 4.74 Å². The largest absolute Gasteiger partial charge is 0.469 e. The molecule has 0 atom stereocenters. The lowest BCUT2D eigenvalue weighted by atomic mass is 10.1. The average Bonchev–Trinajstić information content (AvgIpc) is 2.36. The number of benzene rings is 1. The first kappa shape index (κ1) is 15.2. The van der Waals surface area contributed by atoms with Crippen molar-refractivity contribution in [2.24, 2.45) is 0 Å². The molecule has 0 aliphatic heterocycles. The summed E-state index contributed by atoms with van der Waals surface area (Å²) in [4.78, 5) is 22.3. The predicted octanol–water partition coefficient (Wildman–Crippen LogP) is 1.19. The second kappa shape index (κ2) is 6.33. The van der Waals surface area contributed by atoms with Gasteiger partial charge in [0, 0.05) is 5.56 Å². The van der Waals surface area contributed by atoms with Gasteiger partial charge in [-0.15, -0.1) is 0 Å². The molecule has 0 saturated carbocycles. The molecule has 104 valence electrons. The summed E-state index contributed by atoms with van der Waals surface area (Å²) >= 11 is 0. The molecule has 0 aliphatic carbocycles. The number of carbonyl (C=O) groups excluding carboxylic acids is 2. The Morgan fingerprint density at radius 2 is 1.89 bits per heavy atom. The van der Waals surface area contributed by atoms with Crippen molar-refractivity contribution in [2.45, 2.75) is 13.3 Å². The van der Waals surface area contributed by atoms with E-state index < -0.39 is 21.7 Å². The molecule has 0 spiro atoms. The molecule has 0 heterocycles. The number of anilines is 1. The Labute approximate surface area is 111 Å². The fourth-order valence-electron chi connectivity index (χ4n) is 1.42. The summed E-state index contributed by atoms with van der Waals surface area (Å²) < 4.78 is 30.2. The highest BCUT2D eigenvalue weighted by Crippen LogP contribution is 2.17. The molecule has 0 radical (unpaired) electrons. The number of ketones is 1. The molecule has 1 N–H and O–H groups in total. The highest BCUT2D eigenvalue weighted by Gasteiger charge is 2.16. The number of hydrogen-bond donors (Lipinski definition) is 1. The van der Waals surface area contributed by atoms with Gasteiger partial charge in [-0.25, -0.2) is 8.42 Å². The lowest BCUT2D eigenvalue weighted by Gasteiger charge is -2.10. The number of methoxy groups -OCH3 is 1. The first-order chi connectivity index (χ1) is 8.85. The lowest BCUT2D eigenvalue weighted by molar-refractivity contribution is -0.140. The van der Waals surface area contributed by atoms with Crippen molar-refractivity contribution in [3.8, 4) is 0 Å². The number of esters is 1. The maximum Gasteiger partial charge on any atom is 0.306 e. The van der Waals surface area contributed by atoms with Gasteiger partial charge in [0.1, 0.15) is 0 Å². The number of para-hydroxylation sites is 1. The molecule has 0 amide bonds. The highest BCUT2D eigenvalue weighted by molar-refractivity contribution is 7.92. The Hall–Kier alpha value is -1.89. The van der Waals surface area contributed by atoms with E-state index in [-0.39, 0.29) is 23.5 Å². The second-order valence-electron chi connectivity index (χ2n) is 3.85. The Balaban J connectivity index is 2.84. The molecular formula is C12H15NO5S. The number of sulfonamides is 1. The zero-order valence-electron chi connectivity index (χ0n) is 10.7. The van der Waals surface area contributed by atoms with Crippen LogP contribution in [0, 0.1) is 0 Å². The molecule has 0 aromatic heterocycles. The molecule has 0 bridgehead atoms. The number of nitrogens with one attached hydrogen (secondary N) is 1. The van der Waals surface area contributed by atoms with E-state index in [2.05, 4.69) is 9.46 Å². The quantitative estimate of drug-likeness (QED) is 0.626. The van der Waals surface area contributed by atoms with Crippen LogP contribution in [0.3, 0.4) is 0 Å². The highest BCUT2D eigenvalue weighted by atomic mass is 32.2. The topological polar surface area (TPSA) is 89.5 Å². The van der Waals surface area contributed by atoms with Crippen molar-refractivity contribution in [1.82, 2.24) is 0 Å². The van der Waals surface area contributed by atoms with Gasteiger partial charge >= 0.3 is 5.97 Å². The number of hydrogen-bond acceptors (Lipinski definition) is 5. The van der Waals surface area contributed by atoms with Crippen LogP contribution in [0.5, 0.6) is 0 Å². The van der Waals surface area contributed by atoms with Crippen LogP contribution in [-0.4, -0.2) is 33.0 Å². The molecule has 1 rings (SSSR count). The Bertz CT molecular complexity index is 580. The van der Waals surface area contributed by atoms with Crippen LogP contribution in [0.1, 0.15) is 23.7 Å². The monoisotopic (exact) mass is 285 g/mol. The van der Waals surface area contributed by atoms with Crippen LogP contribution in [0.25, 0.3) is 0 Å². The van der Waals surface area contributed by atoms with Crippen LogP contribution in [0.4, 0.5) is 5.69 Å². The first-order valence-electron chi connectivity index (χ1n) is 5.53. The van der Waals surface area contributed by atoms with Gasteiger partial charge in [0.05, 0.1) is 25.0 Å². The fraction of sp³-hybridized carbons (Fsp3) is 0.333. The van der Waals surface area contributed by atoms with Gasteiger partial charge in [-0.1, -0.05) is 12.1 Å². The number of Topliss-reactive ketones (excluding diaryl/α,β-unsaturated/α-hetero) is 1. The van der Waals surface area contributed by atoms with Crippen molar-refractivity contribution >= 4 is 27.5 Å². The molecule has 0 saturated heterocycles.